The van der Waals surface area contributed by atoms with Gasteiger partial charge in [-0.15, -0.1) is 0 Å². The zero-order valence-corrected chi connectivity index (χ0v) is 17.6. The molecule has 10 nitrogen and oxygen atoms in total. The summed E-state index contributed by atoms with van der Waals surface area (Å²) in [6, 6.07) is 0.0887. The fourth-order valence-corrected chi connectivity index (χ4v) is 4.50. The van der Waals surface area contributed by atoms with Crippen molar-refractivity contribution in [3.8, 4) is 0 Å². The summed E-state index contributed by atoms with van der Waals surface area (Å²) in [5, 5.41) is 27.6. The lowest BCUT2D eigenvalue weighted by Crippen LogP contribution is -2.39. The topological polar surface area (TPSA) is 140 Å². The highest BCUT2D eigenvalue weighted by atomic mass is 16.6. The number of aromatic nitrogens is 2. The van der Waals surface area contributed by atoms with Crippen molar-refractivity contribution in [1.29, 1.82) is 0 Å². The summed E-state index contributed by atoms with van der Waals surface area (Å²) < 4.78 is 5.45. The SMILES string of the molecule is CCCC1(C(=O)O)CCC(Nc2nc(N[C@@H]3CCOC[C@H]3C)ncc2[N+](=O)[O-])CC1. The van der Waals surface area contributed by atoms with Gasteiger partial charge in [-0.3, -0.25) is 14.9 Å². The Morgan fingerprint density at radius 1 is 1.37 bits per heavy atom. The van der Waals surface area contributed by atoms with Crippen LogP contribution in [0.1, 0.15) is 58.8 Å². The molecule has 0 aromatic carbocycles. The van der Waals surface area contributed by atoms with Gasteiger partial charge in [-0.25, -0.2) is 4.98 Å². The fourth-order valence-electron chi connectivity index (χ4n) is 4.50. The Kier molecular flexibility index (Phi) is 7.06. The molecule has 1 saturated heterocycles. The maximum Gasteiger partial charge on any atom is 0.329 e. The molecule has 0 unspecified atom stereocenters. The van der Waals surface area contributed by atoms with Gasteiger partial charge in [-0.05, 0) is 44.4 Å². The first kappa shape index (κ1) is 22.2. The monoisotopic (exact) mass is 421 g/mol. The van der Waals surface area contributed by atoms with E-state index in [1.807, 2.05) is 6.92 Å². The van der Waals surface area contributed by atoms with Crippen LogP contribution < -0.4 is 10.6 Å². The van der Waals surface area contributed by atoms with Crippen LogP contribution in [-0.2, 0) is 9.53 Å². The summed E-state index contributed by atoms with van der Waals surface area (Å²) in [4.78, 5) is 31.3. The number of carboxylic acid groups (broad SMARTS) is 1. The normalized spacial score (nSPS) is 29.2. The van der Waals surface area contributed by atoms with Crippen LogP contribution in [0.2, 0.25) is 0 Å². The molecule has 1 aromatic heterocycles. The third kappa shape index (κ3) is 4.97. The molecule has 0 radical (unpaired) electrons. The third-order valence-electron chi connectivity index (χ3n) is 6.39. The maximum atomic E-state index is 11.8. The molecular weight excluding hydrogens is 390 g/mol. The number of aliphatic carboxylic acids is 1. The Balaban J connectivity index is 1.71. The van der Waals surface area contributed by atoms with Crippen LogP contribution in [0.25, 0.3) is 0 Å². The number of nitrogens with one attached hydrogen (secondary N) is 2. The molecule has 2 aliphatic rings. The zero-order valence-electron chi connectivity index (χ0n) is 17.6. The minimum absolute atomic E-state index is 0.0576. The lowest BCUT2D eigenvalue weighted by atomic mass is 9.70. The summed E-state index contributed by atoms with van der Waals surface area (Å²) in [5.74, 6) is 0.0759. The highest BCUT2D eigenvalue weighted by Crippen LogP contribution is 2.41. The van der Waals surface area contributed by atoms with Crippen LogP contribution in [-0.4, -0.2) is 51.3 Å². The van der Waals surface area contributed by atoms with Gasteiger partial charge in [0, 0.05) is 18.7 Å². The average molecular weight is 421 g/mol. The maximum absolute atomic E-state index is 11.8. The van der Waals surface area contributed by atoms with Gasteiger partial charge in [0.25, 0.3) is 0 Å². The molecule has 0 amide bonds. The van der Waals surface area contributed by atoms with Gasteiger partial charge in [0.1, 0.15) is 6.20 Å². The molecule has 2 fully saturated rings. The van der Waals surface area contributed by atoms with E-state index in [1.165, 1.54) is 6.20 Å². The second-order valence-electron chi connectivity index (χ2n) is 8.53. The summed E-state index contributed by atoms with van der Waals surface area (Å²) >= 11 is 0. The van der Waals surface area contributed by atoms with E-state index in [2.05, 4.69) is 27.5 Å². The molecule has 2 atom stereocenters. The second kappa shape index (κ2) is 9.55. The van der Waals surface area contributed by atoms with Crippen LogP contribution in [0.4, 0.5) is 17.5 Å². The van der Waals surface area contributed by atoms with Crippen molar-refractivity contribution in [2.75, 3.05) is 23.8 Å². The number of hydrogen-bond donors (Lipinski definition) is 3. The Morgan fingerprint density at radius 2 is 2.10 bits per heavy atom. The van der Waals surface area contributed by atoms with Gasteiger partial charge in [-0.1, -0.05) is 20.3 Å². The molecule has 30 heavy (non-hydrogen) atoms. The molecular formula is C20H31N5O5. The lowest BCUT2D eigenvalue weighted by Gasteiger charge is -2.37. The summed E-state index contributed by atoms with van der Waals surface area (Å²) in [6.07, 6.45) is 5.89. The Bertz CT molecular complexity index is 766. The third-order valence-corrected chi connectivity index (χ3v) is 6.39. The number of nitrogens with zero attached hydrogens (tertiary/aromatic N) is 3. The van der Waals surface area contributed by atoms with E-state index >= 15 is 0 Å². The van der Waals surface area contributed by atoms with Crippen molar-refractivity contribution in [3.63, 3.8) is 0 Å². The van der Waals surface area contributed by atoms with Crippen LogP contribution in [0.5, 0.6) is 0 Å². The van der Waals surface area contributed by atoms with Gasteiger partial charge in [-0.2, -0.15) is 4.98 Å². The number of ether oxygens (including phenoxy) is 1. The van der Waals surface area contributed by atoms with E-state index in [0.29, 0.717) is 51.3 Å². The minimum Gasteiger partial charge on any atom is -0.481 e. The first-order valence-corrected chi connectivity index (χ1v) is 10.7. The van der Waals surface area contributed by atoms with Gasteiger partial charge in [0.15, 0.2) is 0 Å². The van der Waals surface area contributed by atoms with Crippen LogP contribution >= 0.6 is 0 Å². The molecule has 1 saturated carbocycles. The molecule has 10 heteroatoms. The smallest absolute Gasteiger partial charge is 0.329 e. The standard InChI is InChI=1S/C20H31N5O5/c1-3-7-20(18(26)27)8-4-14(5-9-20)22-17-16(25(28)29)11-21-19(24-17)23-15-6-10-30-12-13(15)2/h11,13-15H,3-10,12H2,1-2H3,(H,26,27)(H2,21,22,23,24)/t13-,14?,15-,20?/m1/s1. The first-order valence-electron chi connectivity index (χ1n) is 10.7. The van der Waals surface area contributed by atoms with Gasteiger partial charge >= 0.3 is 11.7 Å². The molecule has 0 spiro atoms. The van der Waals surface area contributed by atoms with Gasteiger partial charge in [0.2, 0.25) is 11.8 Å². The van der Waals surface area contributed by atoms with E-state index in [0.717, 1.165) is 12.8 Å². The van der Waals surface area contributed by atoms with Crippen molar-refractivity contribution in [1.82, 2.24) is 9.97 Å². The molecule has 3 N–H and O–H groups in total. The summed E-state index contributed by atoms with van der Waals surface area (Å²) in [6.45, 7) is 5.38. The van der Waals surface area contributed by atoms with Crippen LogP contribution in [0.3, 0.4) is 0 Å². The van der Waals surface area contributed by atoms with Crippen molar-refractivity contribution < 1.29 is 19.6 Å². The molecule has 1 aliphatic carbocycles. The quantitative estimate of drug-likeness (QED) is 0.425. The van der Waals surface area contributed by atoms with Crippen molar-refractivity contribution in [2.24, 2.45) is 11.3 Å². The number of anilines is 2. The average Bonchev–Trinajstić information content (AvgIpc) is 2.71. The van der Waals surface area contributed by atoms with Crippen molar-refractivity contribution >= 4 is 23.4 Å². The molecule has 1 aromatic rings. The van der Waals surface area contributed by atoms with E-state index in [1.54, 1.807) is 0 Å². The van der Waals surface area contributed by atoms with E-state index in [-0.39, 0.29) is 29.5 Å². The number of rotatable bonds is 8. The molecule has 1 aliphatic heterocycles. The Morgan fingerprint density at radius 3 is 2.70 bits per heavy atom. The Hall–Kier alpha value is -2.49. The second-order valence-corrected chi connectivity index (χ2v) is 8.53. The molecule has 0 bridgehead atoms. The van der Waals surface area contributed by atoms with E-state index in [4.69, 9.17) is 4.74 Å². The predicted octanol–water partition coefficient (Wildman–Crippen LogP) is 3.45. The van der Waals surface area contributed by atoms with E-state index in [9.17, 15) is 20.0 Å². The molecule has 3 rings (SSSR count). The molecule has 166 valence electrons. The number of nitro groups is 1. The Labute approximate surface area is 176 Å². The van der Waals surface area contributed by atoms with Gasteiger partial charge < -0.3 is 20.5 Å². The summed E-state index contributed by atoms with van der Waals surface area (Å²) in [5.41, 5.74) is -0.861. The van der Waals surface area contributed by atoms with Crippen LogP contribution in [0, 0.1) is 21.4 Å². The number of hydrogen-bond acceptors (Lipinski definition) is 8. The highest BCUT2D eigenvalue weighted by molar-refractivity contribution is 5.74. The minimum atomic E-state index is -0.743. The van der Waals surface area contributed by atoms with Crippen LogP contribution in [0.15, 0.2) is 6.20 Å². The predicted molar refractivity (Wildman–Crippen MR) is 112 cm³/mol. The van der Waals surface area contributed by atoms with Crippen molar-refractivity contribution in [2.45, 2.75) is 70.9 Å². The molecule has 2 heterocycles. The first-order chi connectivity index (χ1) is 14.3. The fraction of sp³-hybridized carbons (Fsp3) is 0.750. The zero-order chi connectivity index (χ0) is 21.7. The van der Waals surface area contributed by atoms with Gasteiger partial charge in [0.05, 0.1) is 16.9 Å². The lowest BCUT2D eigenvalue weighted by molar-refractivity contribution is -0.384. The largest absolute Gasteiger partial charge is 0.481 e. The number of carbonyl (C=O) groups is 1. The highest BCUT2D eigenvalue weighted by Gasteiger charge is 2.41. The van der Waals surface area contributed by atoms with Crippen molar-refractivity contribution in [3.05, 3.63) is 16.3 Å². The number of carboxylic acids is 1. The summed E-state index contributed by atoms with van der Waals surface area (Å²) in [7, 11) is 0. The van der Waals surface area contributed by atoms with E-state index < -0.39 is 16.3 Å².